The van der Waals surface area contributed by atoms with Gasteiger partial charge in [-0.05, 0) is 66.4 Å². The number of fused-ring (bicyclic) bond motifs is 2. The zero-order chi connectivity index (χ0) is 24.1. The second kappa shape index (κ2) is 8.09. The van der Waals surface area contributed by atoms with Crippen molar-refractivity contribution in [2.75, 3.05) is 5.32 Å². The predicted molar refractivity (Wildman–Crippen MR) is 137 cm³/mol. The van der Waals surface area contributed by atoms with Crippen LogP contribution in [0.5, 0.6) is 0 Å². The van der Waals surface area contributed by atoms with Gasteiger partial charge in [0.15, 0.2) is 0 Å². The van der Waals surface area contributed by atoms with Crippen LogP contribution in [-0.2, 0) is 4.79 Å². The minimum Gasteiger partial charge on any atom is -0.338 e. The van der Waals surface area contributed by atoms with E-state index in [1.807, 2.05) is 36.4 Å². The number of anilines is 1. The van der Waals surface area contributed by atoms with Crippen molar-refractivity contribution < 1.29 is 4.79 Å². The third kappa shape index (κ3) is 3.58. The molecule has 0 unspecified atom stereocenters. The smallest absolute Gasteiger partial charge is 0.227 e. The highest BCUT2D eigenvalue weighted by Gasteiger charge is 2.29. The molecular formula is C27H20N8O. The minimum absolute atomic E-state index is 0.0491. The predicted octanol–water partition coefficient (Wildman–Crippen LogP) is 4.97. The third-order valence-electron chi connectivity index (χ3n) is 6.44. The van der Waals surface area contributed by atoms with Gasteiger partial charge in [0, 0.05) is 41.7 Å². The number of pyridine rings is 4. The molecule has 0 spiro atoms. The van der Waals surface area contributed by atoms with Crippen LogP contribution < -0.4 is 5.32 Å². The van der Waals surface area contributed by atoms with E-state index < -0.39 is 0 Å². The zero-order valence-electron chi connectivity index (χ0n) is 19.1. The summed E-state index contributed by atoms with van der Waals surface area (Å²) < 4.78 is 0. The number of amides is 1. The van der Waals surface area contributed by atoms with Crippen molar-refractivity contribution in [2.24, 2.45) is 5.92 Å². The molecule has 1 fully saturated rings. The average Bonchev–Trinajstić information content (AvgIpc) is 3.55. The Bertz CT molecular complexity index is 1750. The lowest BCUT2D eigenvalue weighted by molar-refractivity contribution is -0.117. The summed E-state index contributed by atoms with van der Waals surface area (Å²) in [5, 5.41) is 11.6. The van der Waals surface area contributed by atoms with E-state index in [9.17, 15) is 4.79 Å². The number of hydrogen-bond donors (Lipinski definition) is 3. The Balaban J connectivity index is 1.28. The lowest BCUT2D eigenvalue weighted by atomic mass is 10.1. The summed E-state index contributed by atoms with van der Waals surface area (Å²) in [6, 6.07) is 13.8. The van der Waals surface area contributed by atoms with Gasteiger partial charge in [-0.1, -0.05) is 0 Å². The monoisotopic (exact) mass is 472 g/mol. The van der Waals surface area contributed by atoms with Crippen LogP contribution in [0.3, 0.4) is 0 Å². The van der Waals surface area contributed by atoms with Gasteiger partial charge in [0.05, 0.1) is 28.8 Å². The number of hydrogen-bond acceptors (Lipinski definition) is 6. The first-order valence-electron chi connectivity index (χ1n) is 11.7. The molecule has 0 bridgehead atoms. The summed E-state index contributed by atoms with van der Waals surface area (Å²) in [7, 11) is 0. The second-order valence-corrected chi connectivity index (χ2v) is 8.93. The first-order chi connectivity index (χ1) is 17.7. The molecule has 6 aromatic heterocycles. The van der Waals surface area contributed by atoms with Crippen molar-refractivity contribution in [2.45, 2.75) is 12.8 Å². The van der Waals surface area contributed by atoms with Gasteiger partial charge in [-0.2, -0.15) is 5.10 Å². The number of nitrogens with one attached hydrogen (secondary N) is 3. The van der Waals surface area contributed by atoms with Crippen LogP contribution in [0.1, 0.15) is 12.8 Å². The molecule has 36 heavy (non-hydrogen) atoms. The van der Waals surface area contributed by atoms with Gasteiger partial charge in [0.2, 0.25) is 5.91 Å². The van der Waals surface area contributed by atoms with Crippen molar-refractivity contribution in [3.8, 4) is 33.8 Å². The molecule has 3 N–H and O–H groups in total. The number of aromatic amines is 2. The SMILES string of the molecule is O=C(Nc1cncc(-c2ccc3[nH]nc(-c4cc5c(-c6ccncc6)ccnc5[nH]4)c3n2)c1)C1CC1. The van der Waals surface area contributed by atoms with Crippen molar-refractivity contribution in [1.82, 2.24) is 35.1 Å². The molecule has 1 amide bonds. The number of H-pyrrole nitrogens is 2. The Morgan fingerprint density at radius 2 is 1.83 bits per heavy atom. The lowest BCUT2D eigenvalue weighted by Crippen LogP contribution is -2.13. The van der Waals surface area contributed by atoms with Crippen LogP contribution in [0.2, 0.25) is 0 Å². The molecule has 0 atom stereocenters. The van der Waals surface area contributed by atoms with E-state index in [0.717, 1.165) is 63.0 Å². The molecule has 7 rings (SSSR count). The van der Waals surface area contributed by atoms with Crippen molar-refractivity contribution in [3.05, 3.63) is 73.4 Å². The average molecular weight is 473 g/mol. The van der Waals surface area contributed by atoms with E-state index >= 15 is 0 Å². The van der Waals surface area contributed by atoms with Crippen LogP contribution >= 0.6 is 0 Å². The summed E-state index contributed by atoms with van der Waals surface area (Å²) in [4.78, 5) is 33.4. The van der Waals surface area contributed by atoms with E-state index in [1.165, 1.54) is 0 Å². The van der Waals surface area contributed by atoms with Gasteiger partial charge in [-0.25, -0.2) is 9.97 Å². The Morgan fingerprint density at radius 3 is 2.69 bits per heavy atom. The van der Waals surface area contributed by atoms with E-state index in [0.29, 0.717) is 11.4 Å². The molecule has 0 radical (unpaired) electrons. The molecule has 9 heteroatoms. The maximum absolute atomic E-state index is 12.2. The Morgan fingerprint density at radius 1 is 0.944 bits per heavy atom. The molecule has 1 saturated carbocycles. The van der Waals surface area contributed by atoms with Gasteiger partial charge in [-0.15, -0.1) is 0 Å². The van der Waals surface area contributed by atoms with E-state index in [-0.39, 0.29) is 11.8 Å². The van der Waals surface area contributed by atoms with Gasteiger partial charge in [-0.3, -0.25) is 19.9 Å². The maximum atomic E-state index is 12.2. The Labute approximate surface area is 205 Å². The Hall–Kier alpha value is -4.92. The third-order valence-corrected chi connectivity index (χ3v) is 6.44. The number of rotatable bonds is 5. The normalized spacial score (nSPS) is 13.3. The largest absolute Gasteiger partial charge is 0.338 e. The number of nitrogens with zero attached hydrogens (tertiary/aromatic N) is 5. The summed E-state index contributed by atoms with van der Waals surface area (Å²) >= 11 is 0. The Kier molecular flexibility index (Phi) is 4.60. The molecule has 174 valence electrons. The molecule has 1 aliphatic rings. The number of carbonyl (C=O) groups is 1. The quantitative estimate of drug-likeness (QED) is 0.325. The topological polar surface area (TPSA) is 125 Å². The van der Waals surface area contributed by atoms with Crippen LogP contribution in [0.4, 0.5) is 5.69 Å². The molecule has 1 aliphatic carbocycles. The molecule has 0 aliphatic heterocycles. The van der Waals surface area contributed by atoms with Crippen LogP contribution in [0, 0.1) is 5.92 Å². The second-order valence-electron chi connectivity index (χ2n) is 8.93. The van der Waals surface area contributed by atoms with Crippen molar-refractivity contribution in [1.29, 1.82) is 0 Å². The fourth-order valence-corrected chi connectivity index (χ4v) is 4.42. The molecule has 6 aromatic rings. The first kappa shape index (κ1) is 20.5. The molecule has 0 aromatic carbocycles. The number of aromatic nitrogens is 7. The molecule has 0 saturated heterocycles. The van der Waals surface area contributed by atoms with Crippen LogP contribution in [-0.4, -0.2) is 41.0 Å². The summed E-state index contributed by atoms with van der Waals surface area (Å²) in [5.74, 6) is 0.175. The van der Waals surface area contributed by atoms with E-state index in [1.54, 1.807) is 31.0 Å². The lowest BCUT2D eigenvalue weighted by Gasteiger charge is -2.06. The van der Waals surface area contributed by atoms with Crippen LogP contribution in [0.25, 0.3) is 55.8 Å². The number of carbonyl (C=O) groups excluding carboxylic acids is 1. The van der Waals surface area contributed by atoms with Gasteiger partial charge in [0.1, 0.15) is 16.9 Å². The first-order valence-corrected chi connectivity index (χ1v) is 11.7. The highest BCUT2D eigenvalue weighted by molar-refractivity contribution is 5.99. The minimum atomic E-state index is 0.0491. The van der Waals surface area contributed by atoms with Gasteiger partial charge >= 0.3 is 0 Å². The fourth-order valence-electron chi connectivity index (χ4n) is 4.42. The standard InChI is InChI=1S/C27H20N8O/c36-27(16-1-2-16)31-18-11-17(13-29-14-18)21-3-4-22-24(32-21)25(35-34-22)23-12-20-19(7-10-30-26(20)33-23)15-5-8-28-9-6-15/h3-14,16H,1-2H2,(H,30,33)(H,31,36)(H,34,35). The highest BCUT2D eigenvalue weighted by atomic mass is 16.2. The molecule has 9 nitrogen and oxygen atoms in total. The van der Waals surface area contributed by atoms with Crippen LogP contribution in [0.15, 0.2) is 73.4 Å². The summed E-state index contributed by atoms with van der Waals surface area (Å²) in [5.41, 5.74) is 8.21. The zero-order valence-corrected chi connectivity index (χ0v) is 19.1. The van der Waals surface area contributed by atoms with Crippen molar-refractivity contribution >= 4 is 33.7 Å². The van der Waals surface area contributed by atoms with Gasteiger partial charge < -0.3 is 10.3 Å². The molecule has 6 heterocycles. The maximum Gasteiger partial charge on any atom is 0.227 e. The fraction of sp³-hybridized carbons (Fsp3) is 0.111. The molecular weight excluding hydrogens is 452 g/mol. The van der Waals surface area contributed by atoms with Crippen molar-refractivity contribution in [3.63, 3.8) is 0 Å². The van der Waals surface area contributed by atoms with E-state index in [4.69, 9.17) is 4.98 Å². The van der Waals surface area contributed by atoms with E-state index in [2.05, 4.69) is 41.5 Å². The summed E-state index contributed by atoms with van der Waals surface area (Å²) in [6.07, 6.45) is 10.7. The highest BCUT2D eigenvalue weighted by Crippen LogP contribution is 2.34. The van der Waals surface area contributed by atoms with Gasteiger partial charge in [0.25, 0.3) is 0 Å². The summed E-state index contributed by atoms with van der Waals surface area (Å²) in [6.45, 7) is 0.